The maximum atomic E-state index is 12.0. The van der Waals surface area contributed by atoms with Gasteiger partial charge < -0.3 is 9.88 Å². The molecule has 0 aliphatic rings. The molecule has 0 aliphatic heterocycles. The van der Waals surface area contributed by atoms with E-state index in [1.165, 1.54) is 0 Å². The molecule has 2 aromatic heterocycles. The van der Waals surface area contributed by atoms with Gasteiger partial charge >= 0.3 is 0 Å². The molecule has 2 heterocycles. The normalized spacial score (nSPS) is 10.5. The van der Waals surface area contributed by atoms with E-state index in [1.807, 2.05) is 40.5 Å². The monoisotopic (exact) mass is 293 g/mol. The summed E-state index contributed by atoms with van der Waals surface area (Å²) in [6.07, 6.45) is 3.83. The second-order valence-electron chi connectivity index (χ2n) is 5.03. The highest BCUT2D eigenvalue weighted by atomic mass is 16.1. The number of aryl methyl sites for hydroxylation is 1. The van der Waals surface area contributed by atoms with E-state index in [0.29, 0.717) is 24.2 Å². The average molecular weight is 293 g/mol. The Bertz CT molecular complexity index is 851. The van der Waals surface area contributed by atoms with Gasteiger partial charge in [-0.1, -0.05) is 0 Å². The third-order valence-electron chi connectivity index (χ3n) is 3.43. The molecule has 6 heteroatoms. The average Bonchev–Trinajstić information content (AvgIpc) is 3.07. The van der Waals surface area contributed by atoms with Gasteiger partial charge in [-0.05, 0) is 31.2 Å². The number of hydrogen-bond donors (Lipinski definition) is 1. The van der Waals surface area contributed by atoms with E-state index in [1.54, 1.807) is 24.3 Å². The molecule has 1 amide bonds. The fourth-order valence-corrected chi connectivity index (χ4v) is 2.32. The quantitative estimate of drug-likeness (QED) is 0.796. The number of benzene rings is 1. The summed E-state index contributed by atoms with van der Waals surface area (Å²) in [5, 5.41) is 15.9. The molecule has 0 unspecified atom stereocenters. The summed E-state index contributed by atoms with van der Waals surface area (Å²) in [5.74, 6) is -0.141. The Hall–Kier alpha value is -3.07. The van der Waals surface area contributed by atoms with Gasteiger partial charge in [0.05, 0.1) is 17.3 Å². The van der Waals surface area contributed by atoms with Gasteiger partial charge in [0.15, 0.2) is 0 Å². The van der Waals surface area contributed by atoms with Crippen LogP contribution in [0.25, 0.3) is 5.65 Å². The molecule has 0 aliphatic carbocycles. The molecule has 3 aromatic rings. The number of hydrogen-bond acceptors (Lipinski definition) is 3. The largest absolute Gasteiger partial charge is 0.350 e. The Morgan fingerprint density at radius 1 is 1.32 bits per heavy atom. The number of carbonyl (C=O) groups excluding carboxylic acids is 1. The third kappa shape index (κ3) is 2.69. The van der Waals surface area contributed by atoms with E-state index < -0.39 is 0 Å². The molecule has 1 aromatic carbocycles. The molecule has 0 radical (unpaired) electrons. The number of aromatic nitrogens is 3. The molecule has 6 nitrogen and oxygen atoms in total. The first-order chi connectivity index (χ1) is 10.7. The number of nitrogens with zero attached hydrogens (tertiary/aromatic N) is 4. The number of nitrogens with one attached hydrogen (secondary N) is 1. The Morgan fingerprint density at radius 3 is 2.82 bits per heavy atom. The molecule has 110 valence electrons. The lowest BCUT2D eigenvalue weighted by Gasteiger charge is -2.06. The lowest BCUT2D eigenvalue weighted by molar-refractivity contribution is 0.0952. The van der Waals surface area contributed by atoms with Crippen molar-refractivity contribution >= 4 is 11.6 Å². The molecule has 0 fully saturated rings. The van der Waals surface area contributed by atoms with Crippen LogP contribution in [0.4, 0.5) is 0 Å². The van der Waals surface area contributed by atoms with Crippen LogP contribution < -0.4 is 5.32 Å². The summed E-state index contributed by atoms with van der Waals surface area (Å²) < 4.78 is 3.86. The molecule has 0 spiro atoms. The van der Waals surface area contributed by atoms with Gasteiger partial charge in [-0.3, -0.25) is 4.79 Å². The fourth-order valence-electron chi connectivity index (χ4n) is 2.32. The second kappa shape index (κ2) is 5.74. The van der Waals surface area contributed by atoms with Crippen LogP contribution in [0.5, 0.6) is 0 Å². The van der Waals surface area contributed by atoms with Crippen molar-refractivity contribution in [3.05, 3.63) is 59.5 Å². The smallest absolute Gasteiger partial charge is 0.251 e. The summed E-state index contributed by atoms with van der Waals surface area (Å²) in [4.78, 5) is 12.0. The number of carbonyl (C=O) groups is 1. The molecule has 22 heavy (non-hydrogen) atoms. The molecule has 3 rings (SSSR count). The minimum absolute atomic E-state index is 0.141. The minimum atomic E-state index is -0.141. The molecular weight excluding hydrogens is 278 g/mol. The predicted molar refractivity (Wildman–Crippen MR) is 81.4 cm³/mol. The van der Waals surface area contributed by atoms with Crippen molar-refractivity contribution < 1.29 is 4.79 Å². The highest BCUT2D eigenvalue weighted by molar-refractivity contribution is 5.94. The van der Waals surface area contributed by atoms with Crippen LogP contribution in [-0.2, 0) is 6.54 Å². The van der Waals surface area contributed by atoms with Crippen molar-refractivity contribution in [3.8, 4) is 6.07 Å². The zero-order chi connectivity index (χ0) is 15.5. The molecule has 0 bridgehead atoms. The van der Waals surface area contributed by atoms with Gasteiger partial charge in [0.1, 0.15) is 5.65 Å². The zero-order valence-electron chi connectivity index (χ0n) is 12.2. The lowest BCUT2D eigenvalue weighted by atomic mass is 10.1. The minimum Gasteiger partial charge on any atom is -0.350 e. The van der Waals surface area contributed by atoms with Crippen molar-refractivity contribution in [1.29, 1.82) is 5.26 Å². The van der Waals surface area contributed by atoms with E-state index in [2.05, 4.69) is 10.4 Å². The first-order valence-corrected chi connectivity index (χ1v) is 6.97. The van der Waals surface area contributed by atoms with Crippen LogP contribution >= 0.6 is 0 Å². The second-order valence-corrected chi connectivity index (χ2v) is 5.03. The summed E-state index contributed by atoms with van der Waals surface area (Å²) in [5.41, 5.74) is 3.07. The van der Waals surface area contributed by atoms with Crippen molar-refractivity contribution in [2.75, 3.05) is 6.54 Å². The lowest BCUT2D eigenvalue weighted by Crippen LogP contribution is -2.27. The van der Waals surface area contributed by atoms with Gasteiger partial charge in [0.25, 0.3) is 5.91 Å². The van der Waals surface area contributed by atoms with E-state index in [-0.39, 0.29) is 5.91 Å². The topological polar surface area (TPSA) is 75.1 Å². The Balaban J connectivity index is 1.60. The summed E-state index contributed by atoms with van der Waals surface area (Å²) in [6.45, 7) is 3.14. The van der Waals surface area contributed by atoms with E-state index >= 15 is 0 Å². The highest BCUT2D eigenvalue weighted by Gasteiger charge is 2.06. The number of amides is 1. The van der Waals surface area contributed by atoms with Gasteiger partial charge in [-0.2, -0.15) is 10.4 Å². The van der Waals surface area contributed by atoms with Gasteiger partial charge in [-0.15, -0.1) is 0 Å². The zero-order valence-corrected chi connectivity index (χ0v) is 12.2. The van der Waals surface area contributed by atoms with Gasteiger partial charge in [0.2, 0.25) is 0 Å². The predicted octanol–water partition coefficient (Wildman–Crippen LogP) is 1.75. The highest BCUT2D eigenvalue weighted by Crippen LogP contribution is 2.07. The van der Waals surface area contributed by atoms with Crippen molar-refractivity contribution in [1.82, 2.24) is 19.5 Å². The van der Waals surface area contributed by atoms with Crippen LogP contribution in [0.3, 0.4) is 0 Å². The maximum absolute atomic E-state index is 12.0. The van der Waals surface area contributed by atoms with E-state index in [0.717, 1.165) is 11.3 Å². The summed E-state index contributed by atoms with van der Waals surface area (Å²) in [7, 11) is 0. The number of fused-ring (bicyclic) bond motifs is 1. The van der Waals surface area contributed by atoms with Crippen LogP contribution in [-0.4, -0.2) is 26.6 Å². The molecule has 0 saturated heterocycles. The number of nitriles is 1. The van der Waals surface area contributed by atoms with Gasteiger partial charge in [0, 0.05) is 37.1 Å². The standard InChI is InChI=1S/C16H15N5O/c1-12-10-15-20(8-9-21(15)19-12)7-6-18-16(22)14-4-2-13(11-17)3-5-14/h2-5,8-10H,6-7H2,1H3,(H,18,22). The molecule has 0 atom stereocenters. The van der Waals surface area contributed by atoms with Gasteiger partial charge in [-0.25, -0.2) is 4.52 Å². The Morgan fingerprint density at radius 2 is 2.09 bits per heavy atom. The molecule has 1 N–H and O–H groups in total. The van der Waals surface area contributed by atoms with Crippen LogP contribution in [0, 0.1) is 18.3 Å². The van der Waals surface area contributed by atoms with Crippen LogP contribution in [0.2, 0.25) is 0 Å². The first-order valence-electron chi connectivity index (χ1n) is 6.97. The van der Waals surface area contributed by atoms with Crippen LogP contribution in [0.15, 0.2) is 42.7 Å². The van der Waals surface area contributed by atoms with E-state index in [4.69, 9.17) is 5.26 Å². The SMILES string of the molecule is Cc1cc2n(CCNC(=O)c3ccc(C#N)cc3)ccn2n1. The van der Waals surface area contributed by atoms with Crippen LogP contribution in [0.1, 0.15) is 21.6 Å². The Labute approximate surface area is 127 Å². The van der Waals surface area contributed by atoms with Crippen molar-refractivity contribution in [2.45, 2.75) is 13.5 Å². The fraction of sp³-hybridized carbons (Fsp3) is 0.188. The summed E-state index contributed by atoms with van der Waals surface area (Å²) >= 11 is 0. The Kier molecular flexibility index (Phi) is 3.62. The third-order valence-corrected chi connectivity index (χ3v) is 3.43. The number of rotatable bonds is 4. The maximum Gasteiger partial charge on any atom is 0.251 e. The van der Waals surface area contributed by atoms with Crippen molar-refractivity contribution in [2.24, 2.45) is 0 Å². The summed E-state index contributed by atoms with van der Waals surface area (Å²) in [6, 6.07) is 10.6. The molecule has 0 saturated carbocycles. The van der Waals surface area contributed by atoms with E-state index in [9.17, 15) is 4.79 Å². The van der Waals surface area contributed by atoms with Crippen molar-refractivity contribution in [3.63, 3.8) is 0 Å². The molecular formula is C16H15N5O. The number of imidazole rings is 1. The first kappa shape index (κ1) is 13.9.